The van der Waals surface area contributed by atoms with E-state index >= 15 is 0 Å². The highest BCUT2D eigenvalue weighted by atomic mass is 32.1. The first-order valence-corrected chi connectivity index (χ1v) is 15.7. The molecule has 4 rings (SSSR count). The number of hydrogen-bond donors (Lipinski definition) is 4. The smallest absolute Gasteiger partial charge is 0.220 e. The van der Waals surface area contributed by atoms with E-state index in [0.717, 1.165) is 62.1 Å². The molecule has 8 heteroatoms. The zero-order valence-corrected chi connectivity index (χ0v) is 24.5. The fourth-order valence-electron chi connectivity index (χ4n) is 5.55. The van der Waals surface area contributed by atoms with E-state index in [4.69, 9.17) is 4.74 Å². The van der Waals surface area contributed by atoms with Gasteiger partial charge in [-0.25, -0.2) is 0 Å². The van der Waals surface area contributed by atoms with Gasteiger partial charge in [0.25, 0.3) is 0 Å². The number of benzene rings is 2. The lowest BCUT2D eigenvalue weighted by atomic mass is 9.89. The lowest BCUT2D eigenvalue weighted by Gasteiger charge is -2.39. The Morgan fingerprint density at radius 3 is 2.48 bits per heavy atom. The van der Waals surface area contributed by atoms with Crippen LogP contribution in [0.25, 0.3) is 0 Å². The molecule has 5 atom stereocenters. The average molecular weight is 569 g/mol. The molecule has 40 heavy (non-hydrogen) atoms. The highest BCUT2D eigenvalue weighted by Gasteiger charge is 2.43. The van der Waals surface area contributed by atoms with E-state index < -0.39 is 30.5 Å². The van der Waals surface area contributed by atoms with Gasteiger partial charge in [-0.2, -0.15) is 0 Å². The number of carbonyl (C=O) groups excluding carboxylic acids is 1. The third kappa shape index (κ3) is 8.37. The number of likely N-dealkylation sites (tertiary alicyclic amines) is 1. The van der Waals surface area contributed by atoms with Crippen molar-refractivity contribution in [3.8, 4) is 5.18 Å². The third-order valence-corrected chi connectivity index (χ3v) is 8.50. The van der Waals surface area contributed by atoms with Gasteiger partial charge in [-0.15, -0.1) is 11.2 Å². The molecule has 0 spiro atoms. The van der Waals surface area contributed by atoms with Crippen molar-refractivity contribution in [1.82, 2.24) is 10.2 Å². The maximum absolute atomic E-state index is 12.2. The second kappa shape index (κ2) is 15.1. The van der Waals surface area contributed by atoms with E-state index in [0.29, 0.717) is 6.42 Å². The van der Waals surface area contributed by atoms with Crippen molar-refractivity contribution in [2.75, 3.05) is 32.4 Å². The maximum Gasteiger partial charge on any atom is 0.220 e. The molecule has 2 aromatic rings. The van der Waals surface area contributed by atoms with Crippen molar-refractivity contribution < 1.29 is 24.9 Å². The number of rotatable bonds is 10. The first-order chi connectivity index (χ1) is 19.4. The Bertz CT molecular complexity index is 1170. The zero-order chi connectivity index (χ0) is 28.5. The Morgan fingerprint density at radius 2 is 1.75 bits per heavy atom. The lowest BCUT2D eigenvalue weighted by molar-refractivity contribution is -0.209. The molecule has 2 aromatic carbocycles. The number of hydrogen-bond acceptors (Lipinski definition) is 6. The molecule has 2 fully saturated rings. The summed E-state index contributed by atoms with van der Waals surface area (Å²) >= 11 is 1.29. The van der Waals surface area contributed by atoms with E-state index in [9.17, 15) is 20.1 Å². The molecule has 1 amide bonds. The highest BCUT2D eigenvalue weighted by Crippen LogP contribution is 2.33. The van der Waals surface area contributed by atoms with Crippen LogP contribution in [-0.4, -0.2) is 83.0 Å². The minimum Gasteiger partial charge on any atom is -0.387 e. The summed E-state index contributed by atoms with van der Waals surface area (Å²) in [6, 6.07) is 14.4. The second-order valence-electron chi connectivity index (χ2n) is 11.1. The molecule has 7 nitrogen and oxygen atoms in total. The Morgan fingerprint density at radius 1 is 1.02 bits per heavy atom. The van der Waals surface area contributed by atoms with Crippen molar-refractivity contribution >= 4 is 17.1 Å². The maximum atomic E-state index is 12.2. The fourth-order valence-corrected chi connectivity index (χ4v) is 5.98. The fraction of sp³-hybridized carbons (Fsp3) is 0.562. The van der Waals surface area contributed by atoms with Crippen LogP contribution in [0.2, 0.25) is 0 Å². The Balaban J connectivity index is 1.27. The van der Waals surface area contributed by atoms with Gasteiger partial charge in [-0.3, -0.25) is 4.79 Å². The summed E-state index contributed by atoms with van der Waals surface area (Å²) < 4.78 is 5.95. The van der Waals surface area contributed by atoms with Crippen molar-refractivity contribution in [2.24, 2.45) is 0 Å². The van der Waals surface area contributed by atoms with E-state index in [1.807, 2.05) is 24.5 Å². The van der Waals surface area contributed by atoms with E-state index in [2.05, 4.69) is 46.6 Å². The van der Waals surface area contributed by atoms with Crippen LogP contribution >= 0.6 is 11.2 Å². The quantitative estimate of drug-likeness (QED) is 0.351. The molecule has 0 aromatic heterocycles. The molecule has 2 heterocycles. The van der Waals surface area contributed by atoms with Gasteiger partial charge < -0.3 is 30.3 Å². The first-order valence-electron chi connectivity index (χ1n) is 14.5. The van der Waals surface area contributed by atoms with Crippen LogP contribution in [0.1, 0.15) is 66.0 Å². The SMILES string of the molecule is CS#CC1O[C@@H](c2ccc(C)c(Cc3ccc(CCCC(=O)NCCN4CCCCC4)cc3)c2)[C@H](O)[C@@H](O)[C@@H]1O. The predicted octanol–water partition coefficient (Wildman–Crippen LogP) is 3.36. The highest BCUT2D eigenvalue weighted by molar-refractivity contribution is 7.87. The van der Waals surface area contributed by atoms with Gasteiger partial charge in [-0.05, 0) is 79.9 Å². The van der Waals surface area contributed by atoms with E-state index in [1.165, 1.54) is 41.6 Å². The molecule has 0 saturated carbocycles. The number of ether oxygens (including phenoxy) is 1. The number of carbonyl (C=O) groups is 1. The van der Waals surface area contributed by atoms with Gasteiger partial charge in [0.2, 0.25) is 5.91 Å². The molecule has 1 unspecified atom stereocenters. The van der Waals surface area contributed by atoms with Crippen LogP contribution in [0.5, 0.6) is 0 Å². The van der Waals surface area contributed by atoms with Crippen LogP contribution in [-0.2, 0) is 22.4 Å². The summed E-state index contributed by atoms with van der Waals surface area (Å²) in [5.41, 5.74) is 5.38. The summed E-state index contributed by atoms with van der Waals surface area (Å²) in [7, 11) is 0. The molecule has 218 valence electrons. The van der Waals surface area contributed by atoms with Crippen LogP contribution in [0, 0.1) is 12.1 Å². The topological polar surface area (TPSA) is 102 Å². The minimum atomic E-state index is -1.31. The molecule has 4 N–H and O–H groups in total. The zero-order valence-electron chi connectivity index (χ0n) is 23.7. The van der Waals surface area contributed by atoms with Crippen molar-refractivity contribution in [3.05, 3.63) is 70.3 Å². The molecule has 0 bridgehead atoms. The number of piperidine rings is 1. The van der Waals surface area contributed by atoms with E-state index in [-0.39, 0.29) is 5.91 Å². The van der Waals surface area contributed by atoms with Gasteiger partial charge in [-0.1, -0.05) is 54.1 Å². The average Bonchev–Trinajstić information content (AvgIpc) is 2.96. The monoisotopic (exact) mass is 568 g/mol. The molecule has 2 aliphatic heterocycles. The standard InChI is InChI=1S/C32H44N2O5S/c1-22-9-14-25(32-31(38)30(37)29(36)27(39-32)21-40-2)20-26(22)19-24-12-10-23(11-13-24)7-6-8-28(35)33-15-18-34-16-4-3-5-17-34/h9-14,20,27,29-32,36-38H,3-8,15-19H2,1-2H3,(H,33,35)/t27?,29-,30+,31-,32+/m1/s1. The third-order valence-electron chi connectivity index (χ3n) is 8.03. The Kier molecular flexibility index (Phi) is 11.6. The molecule has 2 saturated heterocycles. The molecular weight excluding hydrogens is 524 g/mol. The summed E-state index contributed by atoms with van der Waals surface area (Å²) in [6.45, 7) is 6.05. The van der Waals surface area contributed by atoms with Crippen molar-refractivity contribution in [2.45, 2.75) is 82.4 Å². The van der Waals surface area contributed by atoms with Crippen LogP contribution in [0.15, 0.2) is 42.5 Å². The van der Waals surface area contributed by atoms with Crippen molar-refractivity contribution in [3.63, 3.8) is 0 Å². The number of nitrogens with zero attached hydrogens (tertiary/aromatic N) is 1. The Hall–Kier alpha value is -2.29. The summed E-state index contributed by atoms with van der Waals surface area (Å²) in [4.78, 5) is 14.7. The summed E-state index contributed by atoms with van der Waals surface area (Å²) in [6.07, 6.45) is 3.32. The van der Waals surface area contributed by atoms with Crippen LogP contribution < -0.4 is 5.32 Å². The van der Waals surface area contributed by atoms with E-state index in [1.54, 1.807) is 0 Å². The normalized spacial score (nSPS) is 25.3. The number of aryl methyl sites for hydroxylation is 2. The van der Waals surface area contributed by atoms with Crippen LogP contribution in [0.3, 0.4) is 0 Å². The number of aliphatic hydroxyl groups excluding tert-OH is 3. The number of nitrogens with one attached hydrogen (secondary N) is 1. The molecule has 0 aliphatic carbocycles. The molecular formula is C32H44N2O5S. The lowest BCUT2D eigenvalue weighted by Crippen LogP contribution is -2.53. The molecule has 2 aliphatic rings. The van der Waals surface area contributed by atoms with Gasteiger partial charge in [0.15, 0.2) is 0 Å². The summed E-state index contributed by atoms with van der Waals surface area (Å²) in [5, 5.41) is 37.3. The molecule has 0 radical (unpaired) electrons. The van der Waals surface area contributed by atoms with Gasteiger partial charge >= 0.3 is 0 Å². The Labute approximate surface area is 242 Å². The largest absolute Gasteiger partial charge is 0.387 e. The predicted molar refractivity (Wildman–Crippen MR) is 160 cm³/mol. The second-order valence-corrected chi connectivity index (χ2v) is 11.7. The van der Waals surface area contributed by atoms with Gasteiger partial charge in [0.05, 0.1) is 0 Å². The summed E-state index contributed by atoms with van der Waals surface area (Å²) in [5.74, 6) is 0.133. The minimum absolute atomic E-state index is 0.133. The van der Waals surface area contributed by atoms with Crippen molar-refractivity contribution in [1.29, 1.82) is 0 Å². The van der Waals surface area contributed by atoms with Gasteiger partial charge in [0, 0.05) is 25.8 Å². The number of aliphatic hydroxyl groups is 3. The van der Waals surface area contributed by atoms with Gasteiger partial charge in [0.1, 0.15) is 30.5 Å². The van der Waals surface area contributed by atoms with Crippen LogP contribution in [0.4, 0.5) is 0 Å². The number of amides is 1. The first kappa shape index (κ1) is 30.7.